The van der Waals surface area contributed by atoms with E-state index in [2.05, 4.69) is 4.99 Å². The molecule has 44 valence electrons. The van der Waals surface area contributed by atoms with Crippen molar-refractivity contribution in [3.63, 3.8) is 0 Å². The van der Waals surface area contributed by atoms with Crippen LogP contribution in [-0.2, 0) is 9.50 Å². The van der Waals surface area contributed by atoms with Gasteiger partial charge < -0.3 is 0 Å². The fourth-order valence-electron chi connectivity index (χ4n) is 0.233. The van der Waals surface area contributed by atoms with Crippen LogP contribution in [0.4, 0.5) is 0 Å². The van der Waals surface area contributed by atoms with E-state index < -0.39 is 0 Å². The summed E-state index contributed by atoms with van der Waals surface area (Å²) in [5.41, 5.74) is 0. The summed E-state index contributed by atoms with van der Waals surface area (Å²) < 4.78 is 9.61. The number of isocyanates is 1. The zero-order valence-corrected chi connectivity index (χ0v) is 4.65. The van der Waals surface area contributed by atoms with Gasteiger partial charge in [-0.2, -0.15) is 0 Å². The van der Waals surface area contributed by atoms with Gasteiger partial charge in [-0.1, -0.05) is 0 Å². The number of rotatable bonds is 3. The van der Waals surface area contributed by atoms with Gasteiger partial charge in [0.05, 0.1) is 0 Å². The summed E-state index contributed by atoms with van der Waals surface area (Å²) in [5.74, 6) is 1.29. The van der Waals surface area contributed by atoms with E-state index >= 15 is 0 Å². The van der Waals surface area contributed by atoms with E-state index in [1.54, 1.807) is 0 Å². The summed E-state index contributed by atoms with van der Waals surface area (Å²) in [6.07, 6.45) is 5.48. The van der Waals surface area contributed by atoms with Gasteiger partial charge in [-0.3, -0.25) is 0 Å². The second kappa shape index (κ2) is 6.72. The Balaban J connectivity index is 3.58. The van der Waals surface area contributed by atoms with Crippen molar-refractivity contribution in [1.29, 1.82) is 0 Å². The molecule has 0 aliphatic heterocycles. The summed E-state index contributed by atoms with van der Waals surface area (Å²) in [5, 5.41) is 0. The third-order valence-electron chi connectivity index (χ3n) is 0.514. The van der Waals surface area contributed by atoms with Crippen LogP contribution >= 0.6 is 0 Å². The molecule has 0 saturated carbocycles. The minimum absolute atomic E-state index is 0.634. The number of aliphatic imine (C=N–C) groups is 1. The average molecular weight is 121 g/mol. The number of carbonyl (C=O) groups excluding carboxylic acids is 1. The first-order valence-electron chi connectivity index (χ1n) is 2.25. The molecule has 0 amide bonds. The van der Waals surface area contributed by atoms with Gasteiger partial charge in [0.2, 0.25) is 0 Å². The summed E-state index contributed by atoms with van der Waals surface area (Å²) in [7, 11) is 0.634. The summed E-state index contributed by atoms with van der Waals surface area (Å²) >= 11 is 0. The predicted octanol–water partition coefficient (Wildman–Crippen LogP) is 0.399. The SMILES string of the molecule is O=B/C=C/C=C/N=C=O. The summed E-state index contributed by atoms with van der Waals surface area (Å²) in [6.45, 7) is 0. The molecule has 0 spiro atoms. The van der Waals surface area contributed by atoms with Crippen LogP contribution in [0.15, 0.2) is 29.3 Å². The fraction of sp³-hybridized carbons (Fsp3) is 0. The van der Waals surface area contributed by atoms with Gasteiger partial charge in [0.25, 0.3) is 0 Å². The molecule has 0 aliphatic carbocycles. The molecule has 0 unspecified atom stereocenters. The van der Waals surface area contributed by atoms with E-state index in [4.69, 9.17) is 0 Å². The van der Waals surface area contributed by atoms with Crippen LogP contribution in [0.2, 0.25) is 0 Å². The predicted molar refractivity (Wildman–Crippen MR) is 32.8 cm³/mol. The molecule has 0 heterocycles. The van der Waals surface area contributed by atoms with E-state index in [-0.39, 0.29) is 0 Å². The Morgan fingerprint density at radius 1 is 1.44 bits per heavy atom. The standard InChI is InChI=1S/C5H4BNO2/c8-5-7-4-2-1-3-6-9/h1-4H/b3-1+,4-2+. The Morgan fingerprint density at radius 2 is 2.22 bits per heavy atom. The second-order valence-corrected chi connectivity index (χ2v) is 1.08. The minimum atomic E-state index is 0.634. The van der Waals surface area contributed by atoms with Gasteiger partial charge in [0.1, 0.15) is 0 Å². The van der Waals surface area contributed by atoms with E-state index in [0.29, 0.717) is 7.15 Å². The maximum atomic E-state index is 9.61. The molecular weight excluding hydrogens is 117 g/mol. The van der Waals surface area contributed by atoms with Crippen LogP contribution in [0.5, 0.6) is 0 Å². The third kappa shape index (κ3) is 6.72. The first kappa shape index (κ1) is 7.72. The van der Waals surface area contributed by atoms with Gasteiger partial charge in [-0.05, 0) is 0 Å². The van der Waals surface area contributed by atoms with Gasteiger partial charge in [-0.25, -0.2) is 0 Å². The number of nitrogens with zero attached hydrogens (tertiary/aromatic N) is 1. The zero-order valence-electron chi connectivity index (χ0n) is 4.65. The molecule has 0 saturated heterocycles. The number of allylic oxidation sites excluding steroid dienone is 2. The average Bonchev–Trinajstić information content (AvgIpc) is 1.89. The molecule has 0 radical (unpaired) electrons. The monoisotopic (exact) mass is 121 g/mol. The van der Waals surface area contributed by atoms with E-state index in [9.17, 15) is 9.50 Å². The Hall–Kier alpha value is -1.28. The molecule has 0 aromatic rings. The van der Waals surface area contributed by atoms with Crippen molar-refractivity contribution in [1.82, 2.24) is 0 Å². The van der Waals surface area contributed by atoms with Gasteiger partial charge in [0, 0.05) is 0 Å². The molecule has 0 rings (SSSR count). The van der Waals surface area contributed by atoms with Crippen molar-refractivity contribution < 1.29 is 9.50 Å². The van der Waals surface area contributed by atoms with Crippen molar-refractivity contribution in [3.05, 3.63) is 24.3 Å². The molecule has 0 N–H and O–H groups in total. The molecule has 4 heteroatoms. The quantitative estimate of drug-likeness (QED) is 0.235. The first-order chi connectivity index (χ1) is 4.41. The zero-order chi connectivity index (χ0) is 6.95. The van der Waals surface area contributed by atoms with Crippen molar-refractivity contribution in [2.24, 2.45) is 4.99 Å². The maximum absolute atomic E-state index is 9.61. The molecule has 0 aromatic carbocycles. The van der Waals surface area contributed by atoms with E-state index in [1.807, 2.05) is 0 Å². The van der Waals surface area contributed by atoms with Crippen molar-refractivity contribution >= 4 is 13.2 Å². The third-order valence-corrected chi connectivity index (χ3v) is 0.514. The number of hydrogen-bond acceptors (Lipinski definition) is 3. The molecule has 0 aliphatic rings. The molecular formula is C5H4BNO2. The summed E-state index contributed by atoms with van der Waals surface area (Å²) in [6, 6.07) is 0. The molecule has 0 fully saturated rings. The summed E-state index contributed by atoms with van der Waals surface area (Å²) in [4.78, 5) is 12.5. The Labute approximate surface area is 53.0 Å². The van der Waals surface area contributed by atoms with Gasteiger partial charge in [-0.15, -0.1) is 0 Å². The van der Waals surface area contributed by atoms with Gasteiger partial charge in [0.15, 0.2) is 0 Å². The van der Waals surface area contributed by atoms with Crippen molar-refractivity contribution in [3.8, 4) is 0 Å². The van der Waals surface area contributed by atoms with E-state index in [1.165, 1.54) is 30.4 Å². The van der Waals surface area contributed by atoms with Crippen LogP contribution < -0.4 is 0 Å². The Morgan fingerprint density at radius 3 is 2.78 bits per heavy atom. The van der Waals surface area contributed by atoms with Crippen molar-refractivity contribution in [2.45, 2.75) is 0 Å². The molecule has 0 atom stereocenters. The number of hydrogen-bond donors (Lipinski definition) is 0. The topological polar surface area (TPSA) is 46.5 Å². The molecule has 9 heavy (non-hydrogen) atoms. The molecule has 0 aromatic heterocycles. The Bertz CT molecular complexity index is 179. The van der Waals surface area contributed by atoms with Crippen LogP contribution in [-0.4, -0.2) is 13.2 Å². The van der Waals surface area contributed by atoms with E-state index in [0.717, 1.165) is 0 Å². The normalized spacial score (nSPS) is 9.33. The Kier molecular flexibility index (Phi) is 5.77. The van der Waals surface area contributed by atoms with Crippen LogP contribution in [0.1, 0.15) is 0 Å². The van der Waals surface area contributed by atoms with Crippen LogP contribution in [0.25, 0.3) is 0 Å². The first-order valence-corrected chi connectivity index (χ1v) is 2.25. The van der Waals surface area contributed by atoms with Crippen molar-refractivity contribution in [2.75, 3.05) is 0 Å². The second-order valence-electron chi connectivity index (χ2n) is 1.08. The van der Waals surface area contributed by atoms with Crippen LogP contribution in [0, 0.1) is 0 Å². The molecule has 0 bridgehead atoms. The molecule has 3 nitrogen and oxygen atoms in total. The fourth-order valence-corrected chi connectivity index (χ4v) is 0.233. The van der Waals surface area contributed by atoms with Gasteiger partial charge >= 0.3 is 52.0 Å². The van der Waals surface area contributed by atoms with Crippen LogP contribution in [0.3, 0.4) is 0 Å².